The Hall–Kier alpha value is -1.31. The van der Waals surface area contributed by atoms with Crippen LogP contribution in [0.1, 0.15) is 13.8 Å². The van der Waals surface area contributed by atoms with Crippen molar-refractivity contribution in [3.63, 3.8) is 0 Å². The van der Waals surface area contributed by atoms with Crippen LogP contribution in [-0.2, 0) is 15.6 Å². The van der Waals surface area contributed by atoms with Crippen molar-refractivity contribution in [1.82, 2.24) is 14.5 Å². The molecule has 2 aromatic rings. The highest BCUT2D eigenvalue weighted by atomic mass is 35.5. The Morgan fingerprint density at radius 1 is 1.47 bits per heavy atom. The lowest BCUT2D eigenvalue weighted by atomic mass is 10.1. The van der Waals surface area contributed by atoms with E-state index in [0.29, 0.717) is 0 Å². The molecule has 0 aliphatic heterocycles. The van der Waals surface area contributed by atoms with E-state index in [1.807, 2.05) is 13.8 Å². The van der Waals surface area contributed by atoms with Gasteiger partial charge in [-0.1, -0.05) is 0 Å². The highest BCUT2D eigenvalue weighted by Gasteiger charge is 2.25. The van der Waals surface area contributed by atoms with Gasteiger partial charge in [-0.3, -0.25) is 4.68 Å². The zero-order chi connectivity index (χ0) is 14.1. The molecule has 0 unspecified atom stereocenters. The van der Waals surface area contributed by atoms with Crippen LogP contribution in [0.5, 0.6) is 0 Å². The summed E-state index contributed by atoms with van der Waals surface area (Å²) in [7, 11) is -3.71. The fourth-order valence-corrected chi connectivity index (χ4v) is 2.82. The van der Waals surface area contributed by atoms with Gasteiger partial charge in [-0.05, 0) is 43.6 Å². The van der Waals surface area contributed by atoms with Gasteiger partial charge in [0.1, 0.15) is 0 Å². The molecule has 0 aliphatic carbocycles. The van der Waals surface area contributed by atoms with Crippen LogP contribution in [0.2, 0.25) is 5.22 Å². The van der Waals surface area contributed by atoms with Crippen molar-refractivity contribution in [2.75, 3.05) is 6.54 Å². The summed E-state index contributed by atoms with van der Waals surface area (Å²) < 4.78 is 33.0. The van der Waals surface area contributed by atoms with Gasteiger partial charge < -0.3 is 4.42 Å². The molecule has 0 amide bonds. The zero-order valence-electron chi connectivity index (χ0n) is 10.5. The number of halogens is 1. The third-order valence-electron chi connectivity index (χ3n) is 2.63. The van der Waals surface area contributed by atoms with Gasteiger partial charge in [0.25, 0.3) is 10.0 Å². The molecular formula is C11H14ClN3O3S. The summed E-state index contributed by atoms with van der Waals surface area (Å²) in [5, 5.41) is 3.94. The third-order valence-corrected chi connectivity index (χ3v) is 4.11. The SMILES string of the molecule is CC(C)(CNS(=O)(=O)c1ccc(Cl)o1)n1cccn1. The fraction of sp³-hybridized carbons (Fsp3) is 0.364. The molecule has 0 spiro atoms. The average Bonchev–Trinajstić information content (AvgIpc) is 2.97. The minimum absolute atomic E-state index is 0.0340. The lowest BCUT2D eigenvalue weighted by Crippen LogP contribution is -2.40. The molecule has 8 heteroatoms. The van der Waals surface area contributed by atoms with Gasteiger partial charge in [-0.15, -0.1) is 0 Å². The quantitative estimate of drug-likeness (QED) is 0.914. The van der Waals surface area contributed by atoms with Crippen LogP contribution in [0.15, 0.2) is 40.1 Å². The Kier molecular flexibility index (Phi) is 3.71. The van der Waals surface area contributed by atoms with Gasteiger partial charge in [0, 0.05) is 18.9 Å². The molecule has 0 radical (unpaired) electrons. The largest absolute Gasteiger partial charge is 0.432 e. The monoisotopic (exact) mass is 303 g/mol. The molecule has 0 atom stereocenters. The van der Waals surface area contributed by atoms with E-state index < -0.39 is 15.6 Å². The number of furan rings is 1. The van der Waals surface area contributed by atoms with Crippen molar-refractivity contribution in [2.45, 2.75) is 24.5 Å². The van der Waals surface area contributed by atoms with Gasteiger partial charge in [0.05, 0.1) is 5.54 Å². The minimum atomic E-state index is -3.71. The summed E-state index contributed by atoms with van der Waals surface area (Å²) in [6.07, 6.45) is 3.42. The number of hydrogen-bond donors (Lipinski definition) is 1. The molecule has 2 heterocycles. The number of nitrogens with zero attached hydrogens (tertiary/aromatic N) is 2. The molecule has 0 aromatic carbocycles. The van der Waals surface area contributed by atoms with Crippen molar-refractivity contribution in [1.29, 1.82) is 0 Å². The van der Waals surface area contributed by atoms with Crippen LogP contribution in [0.25, 0.3) is 0 Å². The molecule has 2 rings (SSSR count). The van der Waals surface area contributed by atoms with Crippen LogP contribution in [0.3, 0.4) is 0 Å². The number of hydrogen-bond acceptors (Lipinski definition) is 4. The summed E-state index contributed by atoms with van der Waals surface area (Å²) in [6, 6.07) is 4.48. The Morgan fingerprint density at radius 3 is 2.74 bits per heavy atom. The van der Waals surface area contributed by atoms with Crippen molar-refractivity contribution >= 4 is 21.6 Å². The normalized spacial score (nSPS) is 12.8. The molecule has 6 nitrogen and oxygen atoms in total. The number of aromatic nitrogens is 2. The first-order valence-corrected chi connectivity index (χ1v) is 7.42. The predicted molar refractivity (Wildman–Crippen MR) is 70.5 cm³/mol. The Balaban J connectivity index is 2.10. The Labute approximate surface area is 116 Å². The van der Waals surface area contributed by atoms with E-state index in [4.69, 9.17) is 16.0 Å². The first kappa shape index (κ1) is 14.1. The van der Waals surface area contributed by atoms with Crippen LogP contribution < -0.4 is 4.72 Å². The lowest BCUT2D eigenvalue weighted by Gasteiger charge is -2.25. The van der Waals surface area contributed by atoms with Crippen molar-refractivity contribution in [3.05, 3.63) is 35.8 Å². The summed E-state index contributed by atoms with van der Waals surface area (Å²) in [5.74, 6) is 0. The topological polar surface area (TPSA) is 77.1 Å². The maximum atomic E-state index is 12.0. The molecule has 1 N–H and O–H groups in total. The second-order valence-electron chi connectivity index (χ2n) is 4.65. The minimum Gasteiger partial charge on any atom is -0.432 e. The van der Waals surface area contributed by atoms with Gasteiger partial charge in [0.2, 0.25) is 5.09 Å². The fourth-order valence-electron chi connectivity index (χ4n) is 1.49. The van der Waals surface area contributed by atoms with Gasteiger partial charge >= 0.3 is 0 Å². The van der Waals surface area contributed by atoms with Crippen LogP contribution >= 0.6 is 11.6 Å². The molecule has 104 valence electrons. The van der Waals surface area contributed by atoms with E-state index in [9.17, 15) is 8.42 Å². The summed E-state index contributed by atoms with van der Waals surface area (Å²) in [6.45, 7) is 3.92. The molecule has 0 saturated heterocycles. The predicted octanol–water partition coefficient (Wildman–Crippen LogP) is 1.84. The standard InChI is InChI=1S/C11H14ClN3O3S/c1-11(2,15-7-3-6-13-15)8-14-19(16,17)10-5-4-9(12)18-10/h3-7,14H,8H2,1-2H3. The first-order valence-electron chi connectivity index (χ1n) is 5.56. The van der Waals surface area contributed by atoms with Crippen LogP contribution in [0.4, 0.5) is 0 Å². The first-order chi connectivity index (χ1) is 8.81. The van der Waals surface area contributed by atoms with Gasteiger partial charge in [-0.2, -0.15) is 5.10 Å². The van der Waals surface area contributed by atoms with E-state index in [0.717, 1.165) is 0 Å². The third kappa shape index (κ3) is 3.17. The summed E-state index contributed by atoms with van der Waals surface area (Å²) in [4.78, 5) is 0. The maximum absolute atomic E-state index is 12.0. The smallest absolute Gasteiger partial charge is 0.274 e. The summed E-state index contributed by atoms with van der Waals surface area (Å²) >= 11 is 5.56. The molecule has 0 saturated carbocycles. The molecule has 0 aliphatic rings. The van der Waals surface area contributed by atoms with E-state index in [2.05, 4.69) is 9.82 Å². The zero-order valence-corrected chi connectivity index (χ0v) is 12.1. The molecule has 19 heavy (non-hydrogen) atoms. The Bertz CT molecular complexity index is 647. The van der Waals surface area contributed by atoms with Crippen molar-refractivity contribution in [3.8, 4) is 0 Å². The maximum Gasteiger partial charge on any atom is 0.274 e. The van der Waals surface area contributed by atoms with E-state index in [1.54, 1.807) is 23.1 Å². The van der Waals surface area contributed by atoms with E-state index >= 15 is 0 Å². The molecular weight excluding hydrogens is 290 g/mol. The molecule has 0 fully saturated rings. The molecule has 2 aromatic heterocycles. The van der Waals surface area contributed by atoms with E-state index in [-0.39, 0.29) is 16.9 Å². The second-order valence-corrected chi connectivity index (χ2v) is 6.72. The van der Waals surface area contributed by atoms with Crippen LogP contribution in [0, 0.1) is 0 Å². The van der Waals surface area contributed by atoms with Gasteiger partial charge in [-0.25, -0.2) is 13.1 Å². The van der Waals surface area contributed by atoms with E-state index in [1.165, 1.54) is 12.1 Å². The number of nitrogens with one attached hydrogen (secondary N) is 1. The highest BCUT2D eigenvalue weighted by Crippen LogP contribution is 2.19. The Morgan fingerprint density at radius 2 is 2.21 bits per heavy atom. The lowest BCUT2D eigenvalue weighted by molar-refractivity contribution is 0.317. The molecule has 0 bridgehead atoms. The second kappa shape index (κ2) is 4.99. The van der Waals surface area contributed by atoms with Crippen molar-refractivity contribution in [2.24, 2.45) is 0 Å². The van der Waals surface area contributed by atoms with Crippen LogP contribution in [-0.4, -0.2) is 24.7 Å². The highest BCUT2D eigenvalue weighted by molar-refractivity contribution is 7.89. The summed E-state index contributed by atoms with van der Waals surface area (Å²) in [5.41, 5.74) is -0.493. The number of sulfonamides is 1. The van der Waals surface area contributed by atoms with Crippen molar-refractivity contribution < 1.29 is 12.8 Å². The van der Waals surface area contributed by atoms with Gasteiger partial charge in [0.15, 0.2) is 5.22 Å². The average molecular weight is 304 g/mol. The number of rotatable bonds is 5.